The van der Waals surface area contributed by atoms with Crippen molar-refractivity contribution in [1.82, 2.24) is 19.6 Å². The molecule has 1 atom stereocenters. The summed E-state index contributed by atoms with van der Waals surface area (Å²) in [6, 6.07) is 1.70. The van der Waals surface area contributed by atoms with Crippen molar-refractivity contribution in [2.75, 3.05) is 13.1 Å². The molecule has 1 fully saturated rings. The van der Waals surface area contributed by atoms with E-state index in [1.807, 2.05) is 0 Å². The lowest BCUT2D eigenvalue weighted by molar-refractivity contribution is -0.141. The second-order valence-corrected chi connectivity index (χ2v) is 6.38. The topological polar surface area (TPSA) is 64.2 Å². The SMILES string of the molecule is Cc1cc(CC(=O)N2CCC[C@@H](c3nc(C(F)(F)F)cn3C)C2)no1. The van der Waals surface area contributed by atoms with Crippen LogP contribution in [0.2, 0.25) is 0 Å². The van der Waals surface area contributed by atoms with E-state index in [1.54, 1.807) is 24.9 Å². The van der Waals surface area contributed by atoms with Crippen molar-refractivity contribution < 1.29 is 22.5 Å². The number of carbonyl (C=O) groups is 1. The number of amides is 1. The summed E-state index contributed by atoms with van der Waals surface area (Å²) in [5.41, 5.74) is -0.340. The van der Waals surface area contributed by atoms with Gasteiger partial charge in [-0.05, 0) is 19.8 Å². The van der Waals surface area contributed by atoms with Crippen LogP contribution in [-0.4, -0.2) is 38.6 Å². The molecule has 0 saturated carbocycles. The van der Waals surface area contributed by atoms with Gasteiger partial charge in [0.25, 0.3) is 0 Å². The number of hydrogen-bond acceptors (Lipinski definition) is 4. The molecule has 136 valence electrons. The van der Waals surface area contributed by atoms with Crippen molar-refractivity contribution >= 4 is 5.91 Å². The first-order valence-corrected chi connectivity index (χ1v) is 8.04. The fourth-order valence-electron chi connectivity index (χ4n) is 3.18. The average Bonchev–Trinajstić information content (AvgIpc) is 3.13. The van der Waals surface area contributed by atoms with E-state index < -0.39 is 11.9 Å². The number of aromatic nitrogens is 3. The smallest absolute Gasteiger partial charge is 0.361 e. The van der Waals surface area contributed by atoms with E-state index in [4.69, 9.17) is 4.52 Å². The van der Waals surface area contributed by atoms with E-state index >= 15 is 0 Å². The van der Waals surface area contributed by atoms with E-state index in [1.165, 1.54) is 4.57 Å². The highest BCUT2D eigenvalue weighted by atomic mass is 19.4. The van der Waals surface area contributed by atoms with Gasteiger partial charge in [0.2, 0.25) is 5.91 Å². The van der Waals surface area contributed by atoms with Crippen LogP contribution in [0.1, 0.15) is 41.7 Å². The van der Waals surface area contributed by atoms with Crippen LogP contribution in [0.3, 0.4) is 0 Å². The van der Waals surface area contributed by atoms with Crippen LogP contribution in [0.4, 0.5) is 13.2 Å². The van der Waals surface area contributed by atoms with E-state index in [2.05, 4.69) is 10.1 Å². The second-order valence-electron chi connectivity index (χ2n) is 6.38. The van der Waals surface area contributed by atoms with Crippen molar-refractivity contribution in [3.63, 3.8) is 0 Å². The Morgan fingerprint density at radius 2 is 2.20 bits per heavy atom. The molecule has 3 heterocycles. The second kappa shape index (κ2) is 6.53. The Morgan fingerprint density at radius 1 is 1.44 bits per heavy atom. The molecule has 0 N–H and O–H groups in total. The Labute approximate surface area is 142 Å². The summed E-state index contributed by atoms with van der Waals surface area (Å²) in [7, 11) is 1.55. The molecule has 0 unspecified atom stereocenters. The van der Waals surface area contributed by atoms with Crippen LogP contribution in [0.15, 0.2) is 16.8 Å². The first-order valence-electron chi connectivity index (χ1n) is 8.04. The van der Waals surface area contributed by atoms with E-state index in [-0.39, 0.29) is 18.2 Å². The van der Waals surface area contributed by atoms with Gasteiger partial charge in [-0.2, -0.15) is 13.2 Å². The van der Waals surface area contributed by atoms with Gasteiger partial charge in [0.15, 0.2) is 5.69 Å². The van der Waals surface area contributed by atoms with Crippen molar-refractivity contribution in [3.8, 4) is 0 Å². The molecule has 1 amide bonds. The zero-order valence-corrected chi connectivity index (χ0v) is 14.0. The summed E-state index contributed by atoms with van der Waals surface area (Å²) in [5, 5.41) is 3.81. The third-order valence-electron chi connectivity index (χ3n) is 4.35. The zero-order valence-electron chi connectivity index (χ0n) is 14.0. The van der Waals surface area contributed by atoms with Gasteiger partial charge >= 0.3 is 6.18 Å². The van der Waals surface area contributed by atoms with Crippen LogP contribution in [0, 0.1) is 6.92 Å². The first kappa shape index (κ1) is 17.5. The Bertz CT molecular complexity index is 766. The lowest BCUT2D eigenvalue weighted by Gasteiger charge is -2.32. The highest BCUT2D eigenvalue weighted by Gasteiger charge is 2.36. The summed E-state index contributed by atoms with van der Waals surface area (Å²) >= 11 is 0. The Hall–Kier alpha value is -2.32. The van der Waals surface area contributed by atoms with Crippen molar-refractivity contribution in [3.05, 3.63) is 35.2 Å². The van der Waals surface area contributed by atoms with Gasteiger partial charge in [-0.25, -0.2) is 4.98 Å². The number of likely N-dealkylation sites (tertiary alicyclic amines) is 1. The molecular weight excluding hydrogens is 337 g/mol. The maximum absolute atomic E-state index is 12.8. The molecule has 0 aliphatic carbocycles. The number of alkyl halides is 3. The number of carbonyl (C=O) groups excluding carboxylic acids is 1. The molecule has 2 aromatic heterocycles. The van der Waals surface area contributed by atoms with Crippen molar-refractivity contribution in [1.29, 1.82) is 0 Å². The van der Waals surface area contributed by atoms with Gasteiger partial charge in [0, 0.05) is 38.3 Å². The van der Waals surface area contributed by atoms with Crippen LogP contribution < -0.4 is 0 Å². The minimum atomic E-state index is -4.47. The molecule has 1 aliphatic heterocycles. The lowest BCUT2D eigenvalue weighted by Crippen LogP contribution is -2.40. The number of rotatable bonds is 3. The minimum Gasteiger partial charge on any atom is -0.361 e. The zero-order chi connectivity index (χ0) is 18.2. The number of hydrogen-bond donors (Lipinski definition) is 0. The summed E-state index contributed by atoms with van der Waals surface area (Å²) < 4.78 is 44.9. The Morgan fingerprint density at radius 3 is 2.80 bits per heavy atom. The molecule has 25 heavy (non-hydrogen) atoms. The van der Waals surface area contributed by atoms with E-state index in [0.29, 0.717) is 36.8 Å². The molecule has 0 aromatic carbocycles. The summed E-state index contributed by atoms with van der Waals surface area (Å²) in [6.07, 6.45) is -1.92. The maximum Gasteiger partial charge on any atom is 0.434 e. The predicted octanol–water partition coefficient (Wildman–Crippen LogP) is 2.68. The molecule has 2 aromatic rings. The third-order valence-corrected chi connectivity index (χ3v) is 4.35. The van der Waals surface area contributed by atoms with Gasteiger partial charge in [-0.15, -0.1) is 0 Å². The molecular formula is C16H19F3N4O2. The van der Waals surface area contributed by atoms with Crippen LogP contribution in [-0.2, 0) is 24.4 Å². The normalized spacial score (nSPS) is 18.6. The van der Waals surface area contributed by atoms with Gasteiger partial charge in [-0.1, -0.05) is 5.16 Å². The molecule has 6 nitrogen and oxygen atoms in total. The van der Waals surface area contributed by atoms with Crippen LogP contribution in [0.5, 0.6) is 0 Å². The maximum atomic E-state index is 12.8. The van der Waals surface area contributed by atoms with Crippen LogP contribution >= 0.6 is 0 Å². The highest BCUT2D eigenvalue weighted by molar-refractivity contribution is 5.78. The van der Waals surface area contributed by atoms with Gasteiger partial charge in [-0.3, -0.25) is 4.79 Å². The Kier molecular flexibility index (Phi) is 4.57. The third kappa shape index (κ3) is 3.85. The standard InChI is InChI=1S/C16H19F3N4O2/c1-10-6-12(21-25-10)7-14(24)23-5-3-4-11(8-23)15-20-13(9-22(15)2)16(17,18)19/h6,9,11H,3-5,7-8H2,1-2H3/t11-/m1/s1. The van der Waals surface area contributed by atoms with Gasteiger partial charge in [0.1, 0.15) is 11.6 Å². The molecule has 0 bridgehead atoms. The molecule has 0 radical (unpaired) electrons. The molecule has 1 saturated heterocycles. The highest BCUT2D eigenvalue weighted by Crippen LogP contribution is 2.32. The largest absolute Gasteiger partial charge is 0.434 e. The number of aryl methyl sites for hydroxylation is 2. The average molecular weight is 356 g/mol. The van der Waals surface area contributed by atoms with E-state index in [0.717, 1.165) is 12.6 Å². The lowest BCUT2D eigenvalue weighted by atomic mass is 9.96. The quantitative estimate of drug-likeness (QED) is 0.848. The molecule has 3 rings (SSSR count). The van der Waals surface area contributed by atoms with Crippen molar-refractivity contribution in [2.45, 2.75) is 38.3 Å². The Balaban J connectivity index is 1.71. The number of halogens is 3. The summed E-state index contributed by atoms with van der Waals surface area (Å²) in [4.78, 5) is 17.9. The van der Waals surface area contributed by atoms with Crippen LogP contribution in [0.25, 0.3) is 0 Å². The summed E-state index contributed by atoms with van der Waals surface area (Å²) in [5.74, 6) is 0.676. The minimum absolute atomic E-state index is 0.108. The fraction of sp³-hybridized carbons (Fsp3) is 0.562. The number of imidazole rings is 1. The number of nitrogens with zero attached hydrogens (tertiary/aromatic N) is 4. The predicted molar refractivity (Wildman–Crippen MR) is 81.7 cm³/mol. The molecule has 1 aliphatic rings. The molecule has 0 spiro atoms. The monoisotopic (exact) mass is 356 g/mol. The summed E-state index contributed by atoms with van der Waals surface area (Å²) in [6.45, 7) is 2.69. The van der Waals surface area contributed by atoms with Crippen molar-refractivity contribution in [2.24, 2.45) is 7.05 Å². The fourth-order valence-corrected chi connectivity index (χ4v) is 3.18. The first-order chi connectivity index (χ1) is 11.7. The number of piperidine rings is 1. The van der Waals surface area contributed by atoms with E-state index in [9.17, 15) is 18.0 Å². The van der Waals surface area contributed by atoms with Gasteiger partial charge < -0.3 is 14.0 Å². The van der Waals surface area contributed by atoms with Gasteiger partial charge in [0.05, 0.1) is 12.1 Å². The molecule has 9 heteroatoms.